The van der Waals surface area contributed by atoms with Crippen molar-refractivity contribution in [3.63, 3.8) is 0 Å². The maximum absolute atomic E-state index is 11.4. The van der Waals surface area contributed by atoms with E-state index in [0.29, 0.717) is 23.4 Å². The molecule has 11 heteroatoms. The Balaban J connectivity index is 1.81. The van der Waals surface area contributed by atoms with E-state index in [4.69, 9.17) is 5.84 Å². The van der Waals surface area contributed by atoms with Crippen molar-refractivity contribution in [2.45, 2.75) is 18.9 Å². The lowest BCUT2D eigenvalue weighted by Crippen LogP contribution is -2.30. The predicted octanol–water partition coefficient (Wildman–Crippen LogP) is -0.939. The van der Waals surface area contributed by atoms with Gasteiger partial charge in [0, 0.05) is 28.3 Å². The fourth-order valence-electron chi connectivity index (χ4n) is 2.03. The fraction of sp³-hybridized carbons (Fsp3) is 0.500. The first kappa shape index (κ1) is 13.8. The second-order valence-electron chi connectivity index (χ2n) is 4.53. The summed E-state index contributed by atoms with van der Waals surface area (Å²) in [6, 6.07) is 0.194. The first-order chi connectivity index (χ1) is 10.2. The zero-order valence-electron chi connectivity index (χ0n) is 11.1. The van der Waals surface area contributed by atoms with E-state index >= 15 is 0 Å². The normalized spacial score (nSPS) is 22.0. The van der Waals surface area contributed by atoms with Gasteiger partial charge in [-0.25, -0.2) is 10.8 Å². The van der Waals surface area contributed by atoms with E-state index in [1.807, 2.05) is 0 Å². The first-order valence-corrected chi connectivity index (χ1v) is 7.92. The zero-order valence-corrected chi connectivity index (χ0v) is 12.0. The van der Waals surface area contributed by atoms with Crippen molar-refractivity contribution in [3.8, 4) is 5.95 Å². The highest BCUT2D eigenvalue weighted by molar-refractivity contribution is 7.85. The molecule has 1 fully saturated rings. The summed E-state index contributed by atoms with van der Waals surface area (Å²) in [6.07, 6.45) is 4.52. The maximum atomic E-state index is 11.4. The van der Waals surface area contributed by atoms with Crippen molar-refractivity contribution in [3.05, 3.63) is 12.7 Å². The number of hydrazine groups is 1. The number of hydrogen-bond donors (Lipinski definition) is 3. The van der Waals surface area contributed by atoms with Crippen LogP contribution in [-0.2, 0) is 10.8 Å². The van der Waals surface area contributed by atoms with E-state index in [1.54, 1.807) is 0 Å². The zero-order chi connectivity index (χ0) is 14.7. The SMILES string of the molecule is NNc1nc(NC2CCS(=O)CC2)nc(-n2cncn2)n1. The number of aromatic nitrogens is 6. The second kappa shape index (κ2) is 6.10. The average Bonchev–Trinajstić information content (AvgIpc) is 3.04. The van der Waals surface area contributed by atoms with Crippen LogP contribution in [0.15, 0.2) is 12.7 Å². The minimum Gasteiger partial charge on any atom is -0.351 e. The van der Waals surface area contributed by atoms with Gasteiger partial charge in [0.15, 0.2) is 0 Å². The van der Waals surface area contributed by atoms with Gasteiger partial charge in [-0.15, -0.1) is 0 Å². The van der Waals surface area contributed by atoms with E-state index in [0.717, 1.165) is 12.8 Å². The third-order valence-corrected chi connectivity index (χ3v) is 4.48. The molecule has 112 valence electrons. The van der Waals surface area contributed by atoms with Crippen LogP contribution in [-0.4, -0.2) is 51.5 Å². The van der Waals surface area contributed by atoms with Crippen LogP contribution in [0, 0.1) is 0 Å². The van der Waals surface area contributed by atoms with Crippen LogP contribution in [0.1, 0.15) is 12.8 Å². The molecular weight excluding hydrogens is 294 g/mol. The summed E-state index contributed by atoms with van der Waals surface area (Å²) in [6.45, 7) is 0. The first-order valence-electron chi connectivity index (χ1n) is 6.44. The number of nitrogens with zero attached hydrogens (tertiary/aromatic N) is 6. The minimum atomic E-state index is -0.701. The van der Waals surface area contributed by atoms with Gasteiger partial charge in [-0.1, -0.05) is 0 Å². The Labute approximate surface area is 123 Å². The summed E-state index contributed by atoms with van der Waals surface area (Å²) in [5.74, 6) is 7.72. The largest absolute Gasteiger partial charge is 0.351 e. The van der Waals surface area contributed by atoms with E-state index in [9.17, 15) is 4.21 Å². The molecule has 1 aliphatic rings. The van der Waals surface area contributed by atoms with Gasteiger partial charge in [0.25, 0.3) is 5.95 Å². The number of anilines is 2. The van der Waals surface area contributed by atoms with Crippen LogP contribution in [0.3, 0.4) is 0 Å². The van der Waals surface area contributed by atoms with Crippen molar-refractivity contribution >= 4 is 22.7 Å². The Morgan fingerprint density at radius 1 is 1.24 bits per heavy atom. The number of nitrogens with one attached hydrogen (secondary N) is 2. The van der Waals surface area contributed by atoms with Crippen LogP contribution in [0.25, 0.3) is 5.95 Å². The molecular formula is C10H15N9OS. The predicted molar refractivity (Wildman–Crippen MR) is 77.1 cm³/mol. The lowest BCUT2D eigenvalue weighted by Gasteiger charge is -2.22. The lowest BCUT2D eigenvalue weighted by molar-refractivity contribution is 0.619. The van der Waals surface area contributed by atoms with Gasteiger partial charge in [-0.05, 0) is 12.8 Å². The van der Waals surface area contributed by atoms with E-state index in [1.165, 1.54) is 17.3 Å². The summed E-state index contributed by atoms with van der Waals surface area (Å²) >= 11 is 0. The van der Waals surface area contributed by atoms with E-state index < -0.39 is 10.8 Å². The second-order valence-corrected chi connectivity index (χ2v) is 6.23. The number of nitrogens with two attached hydrogens (primary N) is 1. The molecule has 0 unspecified atom stereocenters. The molecule has 0 saturated carbocycles. The highest BCUT2D eigenvalue weighted by Gasteiger charge is 2.19. The monoisotopic (exact) mass is 309 g/mol. The molecule has 2 aromatic heterocycles. The molecule has 3 heterocycles. The van der Waals surface area contributed by atoms with Crippen LogP contribution >= 0.6 is 0 Å². The van der Waals surface area contributed by atoms with Crippen LogP contribution < -0.4 is 16.6 Å². The van der Waals surface area contributed by atoms with Gasteiger partial charge < -0.3 is 5.32 Å². The molecule has 0 amide bonds. The Morgan fingerprint density at radius 3 is 2.67 bits per heavy atom. The molecule has 2 aromatic rings. The molecule has 1 saturated heterocycles. The lowest BCUT2D eigenvalue weighted by atomic mass is 10.2. The molecule has 1 aliphatic heterocycles. The van der Waals surface area contributed by atoms with Gasteiger partial charge >= 0.3 is 0 Å². The Bertz CT molecular complexity index is 621. The molecule has 0 spiro atoms. The number of hydrogen-bond acceptors (Lipinski definition) is 9. The van der Waals surface area contributed by atoms with Crippen LogP contribution in [0.2, 0.25) is 0 Å². The third kappa shape index (κ3) is 3.31. The van der Waals surface area contributed by atoms with Gasteiger partial charge in [0.1, 0.15) is 12.7 Å². The van der Waals surface area contributed by atoms with Crippen molar-refractivity contribution in [1.29, 1.82) is 0 Å². The van der Waals surface area contributed by atoms with Gasteiger partial charge in [-0.2, -0.15) is 24.7 Å². The minimum absolute atomic E-state index is 0.194. The van der Waals surface area contributed by atoms with Crippen LogP contribution in [0.5, 0.6) is 0 Å². The summed E-state index contributed by atoms with van der Waals surface area (Å²) in [5, 5.41) is 7.20. The molecule has 0 aliphatic carbocycles. The number of rotatable bonds is 4. The van der Waals surface area contributed by atoms with Gasteiger partial charge in [-0.3, -0.25) is 9.63 Å². The average molecular weight is 309 g/mol. The highest BCUT2D eigenvalue weighted by atomic mass is 32.2. The summed E-state index contributed by atoms with van der Waals surface area (Å²) < 4.78 is 12.8. The standard InChI is InChI=1S/C10H15N9OS/c11-18-9-15-8(14-7-1-3-21(20)4-2-7)16-10(17-9)19-6-12-5-13-19/h5-7H,1-4,11H2,(H2,14,15,16,17,18). The smallest absolute Gasteiger partial charge is 0.258 e. The molecule has 4 N–H and O–H groups in total. The Kier molecular flexibility index (Phi) is 4.01. The Hall–Kier alpha value is -2.14. The Morgan fingerprint density at radius 2 is 2.00 bits per heavy atom. The van der Waals surface area contributed by atoms with Crippen molar-refractivity contribution < 1.29 is 4.21 Å². The summed E-state index contributed by atoms with van der Waals surface area (Å²) in [4.78, 5) is 16.4. The molecule has 21 heavy (non-hydrogen) atoms. The molecule has 0 bridgehead atoms. The summed E-state index contributed by atoms with van der Waals surface area (Å²) in [5.41, 5.74) is 2.40. The fourth-order valence-corrected chi connectivity index (χ4v) is 3.33. The quantitative estimate of drug-likeness (QED) is 0.482. The molecule has 10 nitrogen and oxygen atoms in total. The highest BCUT2D eigenvalue weighted by Crippen LogP contribution is 2.15. The van der Waals surface area contributed by atoms with Gasteiger partial charge in [0.05, 0.1) is 0 Å². The molecule has 0 radical (unpaired) electrons. The van der Waals surface area contributed by atoms with Crippen molar-refractivity contribution in [1.82, 2.24) is 29.7 Å². The van der Waals surface area contributed by atoms with Crippen LogP contribution in [0.4, 0.5) is 11.9 Å². The van der Waals surface area contributed by atoms with E-state index in [2.05, 4.69) is 35.8 Å². The maximum Gasteiger partial charge on any atom is 0.258 e. The molecule has 0 atom stereocenters. The summed E-state index contributed by atoms with van der Waals surface area (Å²) in [7, 11) is -0.701. The van der Waals surface area contributed by atoms with Gasteiger partial charge in [0.2, 0.25) is 11.9 Å². The molecule has 3 rings (SSSR count). The van der Waals surface area contributed by atoms with E-state index in [-0.39, 0.29) is 12.0 Å². The molecule has 0 aromatic carbocycles. The van der Waals surface area contributed by atoms with Crippen molar-refractivity contribution in [2.24, 2.45) is 5.84 Å². The number of nitrogen functional groups attached to an aromatic ring is 1. The third-order valence-electron chi connectivity index (χ3n) is 3.10. The van der Waals surface area contributed by atoms with Crippen molar-refractivity contribution in [2.75, 3.05) is 22.2 Å². The topological polar surface area (TPSA) is 137 Å².